The van der Waals surface area contributed by atoms with Crippen molar-refractivity contribution in [3.05, 3.63) is 61.2 Å². The summed E-state index contributed by atoms with van der Waals surface area (Å²) in [5.41, 5.74) is 1.85. The van der Waals surface area contributed by atoms with Crippen LogP contribution in [-0.4, -0.2) is 50.8 Å². The van der Waals surface area contributed by atoms with Crippen molar-refractivity contribution >= 4 is 17.9 Å². The van der Waals surface area contributed by atoms with E-state index in [4.69, 9.17) is 0 Å². The van der Waals surface area contributed by atoms with Crippen molar-refractivity contribution in [1.29, 1.82) is 0 Å². The van der Waals surface area contributed by atoms with E-state index >= 15 is 0 Å². The Hall–Kier alpha value is -3.55. The number of benzene rings is 1. The van der Waals surface area contributed by atoms with E-state index in [1.807, 2.05) is 46.8 Å². The highest BCUT2D eigenvalue weighted by atomic mass is 16.1. The summed E-state index contributed by atoms with van der Waals surface area (Å²) < 4.78 is 1.90. The SMILES string of the molecule is C=C(C)c1nc(-c2ccccc2)nn1CCCN(CCNC=O)c1ncccn1. The first-order valence-corrected chi connectivity index (χ1v) is 9.54. The van der Waals surface area contributed by atoms with E-state index in [0.717, 1.165) is 29.9 Å². The van der Waals surface area contributed by atoms with Gasteiger partial charge in [0.1, 0.15) is 0 Å². The summed E-state index contributed by atoms with van der Waals surface area (Å²) in [5, 5.41) is 7.37. The minimum absolute atomic E-state index is 0.528. The first-order chi connectivity index (χ1) is 14.2. The molecule has 1 amide bonds. The molecule has 150 valence electrons. The van der Waals surface area contributed by atoms with Crippen molar-refractivity contribution in [3.8, 4) is 11.4 Å². The number of aryl methyl sites for hydroxylation is 1. The number of nitrogens with zero attached hydrogens (tertiary/aromatic N) is 6. The Morgan fingerprint density at radius 3 is 2.62 bits per heavy atom. The van der Waals surface area contributed by atoms with Crippen molar-refractivity contribution in [2.45, 2.75) is 19.9 Å². The fourth-order valence-electron chi connectivity index (χ4n) is 2.96. The predicted octanol–water partition coefficient (Wildman–Crippen LogP) is 2.41. The Balaban J connectivity index is 1.69. The fraction of sp³-hybridized carbons (Fsp3) is 0.286. The number of amides is 1. The first kappa shape index (κ1) is 20.2. The molecule has 8 nitrogen and oxygen atoms in total. The summed E-state index contributed by atoms with van der Waals surface area (Å²) in [6, 6.07) is 11.7. The third-order valence-corrected chi connectivity index (χ3v) is 4.33. The maximum Gasteiger partial charge on any atom is 0.225 e. The molecule has 0 aliphatic heterocycles. The lowest BCUT2D eigenvalue weighted by atomic mass is 10.2. The van der Waals surface area contributed by atoms with E-state index in [1.54, 1.807) is 18.5 Å². The van der Waals surface area contributed by atoms with Crippen molar-refractivity contribution in [2.24, 2.45) is 0 Å². The van der Waals surface area contributed by atoms with Crippen LogP contribution in [0.2, 0.25) is 0 Å². The number of aromatic nitrogens is 5. The van der Waals surface area contributed by atoms with Crippen molar-refractivity contribution < 1.29 is 4.79 Å². The van der Waals surface area contributed by atoms with Crippen LogP contribution in [0.4, 0.5) is 5.95 Å². The van der Waals surface area contributed by atoms with Crippen LogP contribution in [0.5, 0.6) is 0 Å². The number of anilines is 1. The second-order valence-electron chi connectivity index (χ2n) is 6.59. The molecule has 8 heteroatoms. The van der Waals surface area contributed by atoms with Crippen molar-refractivity contribution in [3.63, 3.8) is 0 Å². The Morgan fingerprint density at radius 2 is 1.93 bits per heavy atom. The number of allylic oxidation sites excluding steroid dienone is 1. The maximum atomic E-state index is 10.6. The molecule has 3 rings (SSSR count). The summed E-state index contributed by atoms with van der Waals surface area (Å²) in [7, 11) is 0. The van der Waals surface area contributed by atoms with Gasteiger partial charge in [-0.3, -0.25) is 4.79 Å². The van der Waals surface area contributed by atoms with Gasteiger partial charge in [0, 0.05) is 44.1 Å². The van der Waals surface area contributed by atoms with E-state index in [9.17, 15) is 4.79 Å². The van der Waals surface area contributed by atoms with Gasteiger partial charge in [-0.15, -0.1) is 0 Å². The number of hydrogen-bond acceptors (Lipinski definition) is 6. The zero-order valence-electron chi connectivity index (χ0n) is 16.5. The standard InChI is InChI=1S/C21H25N7O/c1-17(2)20-25-19(18-8-4-3-5-9-18)26-28(20)14-7-13-27(15-12-22-16-29)21-23-10-6-11-24-21/h3-6,8-11,16H,1,7,12-15H2,2H3,(H,22,29). The second-order valence-corrected chi connectivity index (χ2v) is 6.59. The van der Waals surface area contributed by atoms with Gasteiger partial charge in [0.25, 0.3) is 0 Å². The van der Waals surface area contributed by atoms with E-state index in [0.29, 0.717) is 37.8 Å². The van der Waals surface area contributed by atoms with Gasteiger partial charge in [0.05, 0.1) is 0 Å². The molecule has 1 N–H and O–H groups in total. The van der Waals surface area contributed by atoms with Crippen LogP contribution in [0.3, 0.4) is 0 Å². The summed E-state index contributed by atoms with van der Waals surface area (Å²) in [4.78, 5) is 25.9. The highest BCUT2D eigenvalue weighted by Crippen LogP contribution is 2.19. The van der Waals surface area contributed by atoms with E-state index in [2.05, 4.69) is 31.9 Å². The van der Waals surface area contributed by atoms with Gasteiger partial charge in [0.2, 0.25) is 12.4 Å². The summed E-state index contributed by atoms with van der Waals surface area (Å²) >= 11 is 0. The summed E-state index contributed by atoms with van der Waals surface area (Å²) in [6.45, 7) is 8.54. The van der Waals surface area contributed by atoms with Crippen LogP contribution in [0.1, 0.15) is 19.2 Å². The van der Waals surface area contributed by atoms with Gasteiger partial charge in [-0.05, 0) is 25.0 Å². The van der Waals surface area contributed by atoms with Crippen molar-refractivity contribution in [2.75, 3.05) is 24.5 Å². The normalized spacial score (nSPS) is 10.5. The number of carbonyl (C=O) groups excluding carboxylic acids is 1. The topological polar surface area (TPSA) is 88.8 Å². The lowest BCUT2D eigenvalue weighted by molar-refractivity contribution is -0.109. The first-order valence-electron chi connectivity index (χ1n) is 9.54. The average molecular weight is 391 g/mol. The second kappa shape index (κ2) is 10.1. The van der Waals surface area contributed by atoms with Crippen LogP contribution in [0.15, 0.2) is 55.4 Å². The number of rotatable bonds is 11. The quantitative estimate of drug-likeness (QED) is 0.399. The molecule has 0 aliphatic rings. The predicted molar refractivity (Wildman–Crippen MR) is 113 cm³/mol. The van der Waals surface area contributed by atoms with Crippen LogP contribution in [-0.2, 0) is 11.3 Å². The van der Waals surface area contributed by atoms with E-state index in [-0.39, 0.29) is 0 Å². The largest absolute Gasteiger partial charge is 0.357 e. The molecule has 0 saturated heterocycles. The van der Waals surface area contributed by atoms with Crippen LogP contribution >= 0.6 is 0 Å². The fourth-order valence-corrected chi connectivity index (χ4v) is 2.96. The molecule has 2 aromatic heterocycles. The van der Waals surface area contributed by atoms with Crippen LogP contribution in [0, 0.1) is 0 Å². The zero-order chi connectivity index (χ0) is 20.5. The maximum absolute atomic E-state index is 10.6. The minimum atomic E-state index is 0.528. The lowest BCUT2D eigenvalue weighted by Crippen LogP contribution is -2.34. The summed E-state index contributed by atoms with van der Waals surface area (Å²) in [5.74, 6) is 2.12. The number of carbonyl (C=O) groups is 1. The molecule has 0 atom stereocenters. The molecule has 0 unspecified atom stereocenters. The van der Waals surface area contributed by atoms with Gasteiger partial charge >= 0.3 is 0 Å². The third kappa shape index (κ3) is 5.47. The lowest BCUT2D eigenvalue weighted by Gasteiger charge is -2.22. The average Bonchev–Trinajstić information content (AvgIpc) is 3.19. The Labute approximate surface area is 170 Å². The third-order valence-electron chi connectivity index (χ3n) is 4.33. The smallest absolute Gasteiger partial charge is 0.225 e. The van der Waals surface area contributed by atoms with Crippen LogP contribution < -0.4 is 10.2 Å². The highest BCUT2D eigenvalue weighted by Gasteiger charge is 2.13. The van der Waals surface area contributed by atoms with Gasteiger partial charge in [-0.2, -0.15) is 5.10 Å². The minimum Gasteiger partial charge on any atom is -0.357 e. The van der Waals surface area contributed by atoms with Gasteiger partial charge in [-0.1, -0.05) is 36.9 Å². The number of hydrogen-bond donors (Lipinski definition) is 1. The van der Waals surface area contributed by atoms with Gasteiger partial charge in [0.15, 0.2) is 11.6 Å². The highest BCUT2D eigenvalue weighted by molar-refractivity contribution is 5.60. The Bertz CT molecular complexity index is 925. The molecule has 0 radical (unpaired) electrons. The molecule has 29 heavy (non-hydrogen) atoms. The van der Waals surface area contributed by atoms with Crippen molar-refractivity contribution in [1.82, 2.24) is 30.0 Å². The van der Waals surface area contributed by atoms with E-state index in [1.165, 1.54) is 0 Å². The number of nitrogens with one attached hydrogen (secondary N) is 1. The molecule has 0 fully saturated rings. The molecule has 2 heterocycles. The molecule has 3 aromatic rings. The molecule has 0 saturated carbocycles. The molecular weight excluding hydrogens is 366 g/mol. The monoisotopic (exact) mass is 391 g/mol. The zero-order valence-corrected chi connectivity index (χ0v) is 16.5. The van der Waals surface area contributed by atoms with E-state index < -0.39 is 0 Å². The molecule has 0 spiro atoms. The van der Waals surface area contributed by atoms with Gasteiger partial charge in [-0.25, -0.2) is 19.6 Å². The van der Waals surface area contributed by atoms with Crippen LogP contribution in [0.25, 0.3) is 17.0 Å². The summed E-state index contributed by atoms with van der Waals surface area (Å²) in [6.07, 6.45) is 4.94. The molecule has 0 bridgehead atoms. The Kier molecular flexibility index (Phi) is 7.05. The Morgan fingerprint density at radius 1 is 1.17 bits per heavy atom. The molecule has 0 aliphatic carbocycles. The van der Waals surface area contributed by atoms with Gasteiger partial charge < -0.3 is 10.2 Å². The molecule has 1 aromatic carbocycles. The molecular formula is C21H25N7O.